The van der Waals surface area contributed by atoms with Crippen LogP contribution in [0.2, 0.25) is 25.7 Å². The molecule has 82 valence electrons. The molecular formula is C13H20OSi. The zero-order valence-corrected chi connectivity index (χ0v) is 11.1. The highest BCUT2D eigenvalue weighted by Gasteiger charge is 2.48. The smallest absolute Gasteiger partial charge is 0.114 e. The van der Waals surface area contributed by atoms with Crippen molar-refractivity contribution in [1.29, 1.82) is 0 Å². The monoisotopic (exact) mass is 220 g/mol. The molecular weight excluding hydrogens is 200 g/mol. The van der Waals surface area contributed by atoms with E-state index in [2.05, 4.69) is 50.8 Å². The lowest BCUT2D eigenvalue weighted by Crippen LogP contribution is -2.27. The van der Waals surface area contributed by atoms with E-state index in [1.54, 1.807) is 0 Å². The first-order chi connectivity index (χ1) is 6.91. The van der Waals surface area contributed by atoms with Gasteiger partial charge in [-0.1, -0.05) is 49.5 Å². The molecule has 1 fully saturated rings. The van der Waals surface area contributed by atoms with Gasteiger partial charge in [0.1, 0.15) is 5.60 Å². The molecule has 0 radical (unpaired) electrons. The Labute approximate surface area is 93.5 Å². The number of epoxide rings is 1. The van der Waals surface area contributed by atoms with Crippen molar-refractivity contribution in [2.24, 2.45) is 0 Å². The van der Waals surface area contributed by atoms with Gasteiger partial charge in [-0.15, -0.1) is 0 Å². The summed E-state index contributed by atoms with van der Waals surface area (Å²) in [4.78, 5) is 0. The Morgan fingerprint density at radius 1 is 1.20 bits per heavy atom. The van der Waals surface area contributed by atoms with Crippen LogP contribution in [0.5, 0.6) is 0 Å². The molecule has 15 heavy (non-hydrogen) atoms. The summed E-state index contributed by atoms with van der Waals surface area (Å²) in [6.45, 7) is 10.3. The summed E-state index contributed by atoms with van der Waals surface area (Å²) in [5, 5.41) is 0. The highest BCUT2D eigenvalue weighted by Crippen LogP contribution is 2.45. The largest absolute Gasteiger partial charge is 0.365 e. The van der Waals surface area contributed by atoms with Gasteiger partial charge in [0.05, 0.1) is 6.61 Å². The normalized spacial score (nSPS) is 25.3. The van der Waals surface area contributed by atoms with Gasteiger partial charge in [0.25, 0.3) is 0 Å². The van der Waals surface area contributed by atoms with Crippen molar-refractivity contribution in [1.82, 2.24) is 0 Å². The average molecular weight is 220 g/mol. The van der Waals surface area contributed by atoms with E-state index in [0.29, 0.717) is 0 Å². The second-order valence-electron chi connectivity index (χ2n) is 5.89. The molecule has 1 aliphatic rings. The Morgan fingerprint density at radius 3 is 2.13 bits per heavy atom. The molecule has 0 amide bonds. The van der Waals surface area contributed by atoms with Crippen LogP contribution < -0.4 is 0 Å². The molecule has 1 aliphatic heterocycles. The van der Waals surface area contributed by atoms with Crippen LogP contribution >= 0.6 is 0 Å². The Bertz CT molecular complexity index is 344. The molecule has 1 unspecified atom stereocenters. The maximum absolute atomic E-state index is 5.73. The van der Waals surface area contributed by atoms with E-state index in [9.17, 15) is 0 Å². The number of hydrogen-bond donors (Lipinski definition) is 0. The fourth-order valence-corrected chi connectivity index (χ4v) is 4.29. The highest BCUT2D eigenvalue weighted by atomic mass is 28.3. The molecule has 1 heterocycles. The van der Waals surface area contributed by atoms with Crippen LogP contribution in [0, 0.1) is 6.92 Å². The summed E-state index contributed by atoms with van der Waals surface area (Å²) in [7, 11) is -1.05. The van der Waals surface area contributed by atoms with Crippen molar-refractivity contribution in [3.63, 3.8) is 0 Å². The van der Waals surface area contributed by atoms with Crippen LogP contribution in [0.3, 0.4) is 0 Å². The maximum Gasteiger partial charge on any atom is 0.114 e. The first kappa shape index (κ1) is 10.9. The molecule has 1 aromatic carbocycles. The molecule has 1 aromatic rings. The van der Waals surface area contributed by atoms with E-state index in [1.807, 2.05) is 0 Å². The SMILES string of the molecule is Cc1ccc(C2(C[Si](C)(C)C)CO2)cc1. The Hall–Kier alpha value is -0.603. The van der Waals surface area contributed by atoms with E-state index < -0.39 is 8.07 Å². The summed E-state index contributed by atoms with van der Waals surface area (Å²) < 4.78 is 5.73. The first-order valence-corrected chi connectivity index (χ1v) is 9.33. The van der Waals surface area contributed by atoms with E-state index in [1.165, 1.54) is 17.2 Å². The topological polar surface area (TPSA) is 12.5 Å². The van der Waals surface area contributed by atoms with Gasteiger partial charge in [-0.2, -0.15) is 0 Å². The molecule has 0 aromatic heterocycles. The minimum atomic E-state index is -1.05. The van der Waals surface area contributed by atoms with Crippen LogP contribution in [0.1, 0.15) is 11.1 Å². The van der Waals surface area contributed by atoms with Crippen molar-refractivity contribution in [3.8, 4) is 0 Å². The lowest BCUT2D eigenvalue weighted by Gasteiger charge is -2.22. The van der Waals surface area contributed by atoms with Gasteiger partial charge < -0.3 is 4.74 Å². The average Bonchev–Trinajstić information content (AvgIpc) is 2.83. The molecule has 0 aliphatic carbocycles. The summed E-state index contributed by atoms with van der Waals surface area (Å²) >= 11 is 0. The third-order valence-corrected chi connectivity index (χ3v) is 4.52. The van der Waals surface area contributed by atoms with Crippen molar-refractivity contribution in [2.45, 2.75) is 38.2 Å². The number of hydrogen-bond acceptors (Lipinski definition) is 1. The zero-order valence-electron chi connectivity index (χ0n) is 10.1. The maximum atomic E-state index is 5.73. The van der Waals surface area contributed by atoms with Gasteiger partial charge in [-0.3, -0.25) is 0 Å². The summed E-state index contributed by atoms with van der Waals surface area (Å²) in [6.07, 6.45) is 0. The molecule has 2 rings (SSSR count). The number of rotatable bonds is 3. The quantitative estimate of drug-likeness (QED) is 0.560. The number of aryl methyl sites for hydroxylation is 1. The van der Waals surface area contributed by atoms with Crippen molar-refractivity contribution < 1.29 is 4.74 Å². The minimum Gasteiger partial charge on any atom is -0.365 e. The number of ether oxygens (including phenoxy) is 1. The van der Waals surface area contributed by atoms with Gasteiger partial charge in [0.15, 0.2) is 0 Å². The van der Waals surface area contributed by atoms with E-state index in [4.69, 9.17) is 4.74 Å². The highest BCUT2D eigenvalue weighted by molar-refractivity contribution is 6.76. The standard InChI is InChI=1S/C13H20OSi/c1-11-5-7-12(8-6-11)13(9-14-13)10-15(2,3)4/h5-8H,9-10H2,1-4H3. The predicted octanol–water partition coefficient (Wildman–Crippen LogP) is 3.56. The molecule has 1 nitrogen and oxygen atoms in total. The van der Waals surface area contributed by atoms with Crippen LogP contribution in [0.4, 0.5) is 0 Å². The van der Waals surface area contributed by atoms with Gasteiger partial charge in [0.2, 0.25) is 0 Å². The van der Waals surface area contributed by atoms with Crippen molar-refractivity contribution in [2.75, 3.05) is 6.61 Å². The molecule has 2 heteroatoms. The van der Waals surface area contributed by atoms with Crippen LogP contribution in [0.15, 0.2) is 24.3 Å². The Balaban J connectivity index is 2.20. The summed E-state index contributed by atoms with van der Waals surface area (Å²) in [5.74, 6) is 0. The van der Waals surface area contributed by atoms with Gasteiger partial charge in [-0.05, 0) is 18.5 Å². The first-order valence-electron chi connectivity index (χ1n) is 5.62. The van der Waals surface area contributed by atoms with Crippen molar-refractivity contribution in [3.05, 3.63) is 35.4 Å². The van der Waals surface area contributed by atoms with E-state index >= 15 is 0 Å². The third-order valence-electron chi connectivity index (χ3n) is 2.89. The molecule has 1 atom stereocenters. The van der Waals surface area contributed by atoms with E-state index in [-0.39, 0.29) is 5.60 Å². The molecule has 0 N–H and O–H groups in total. The molecule has 1 saturated heterocycles. The lowest BCUT2D eigenvalue weighted by atomic mass is 10.0. The third kappa shape index (κ3) is 2.50. The summed E-state index contributed by atoms with van der Waals surface area (Å²) in [5.41, 5.74) is 2.77. The van der Waals surface area contributed by atoms with Crippen LogP contribution in [-0.4, -0.2) is 14.7 Å². The van der Waals surface area contributed by atoms with Crippen LogP contribution in [0.25, 0.3) is 0 Å². The minimum absolute atomic E-state index is 0.0815. The lowest BCUT2D eigenvalue weighted by molar-refractivity contribution is 0.327. The molecule has 0 saturated carbocycles. The Kier molecular flexibility index (Phi) is 2.51. The second kappa shape index (κ2) is 3.46. The molecule has 0 spiro atoms. The zero-order chi connectivity index (χ0) is 11.1. The fourth-order valence-electron chi connectivity index (χ4n) is 2.17. The number of benzene rings is 1. The van der Waals surface area contributed by atoms with Gasteiger partial charge in [0, 0.05) is 8.07 Å². The van der Waals surface area contributed by atoms with E-state index in [0.717, 1.165) is 6.61 Å². The second-order valence-corrected chi connectivity index (χ2v) is 11.4. The van der Waals surface area contributed by atoms with Crippen LogP contribution in [-0.2, 0) is 10.3 Å². The van der Waals surface area contributed by atoms with Gasteiger partial charge in [-0.25, -0.2) is 0 Å². The van der Waals surface area contributed by atoms with Crippen molar-refractivity contribution >= 4 is 8.07 Å². The van der Waals surface area contributed by atoms with Gasteiger partial charge >= 0.3 is 0 Å². The predicted molar refractivity (Wildman–Crippen MR) is 67.0 cm³/mol. The molecule has 0 bridgehead atoms. The fraction of sp³-hybridized carbons (Fsp3) is 0.538. The summed E-state index contributed by atoms with van der Waals surface area (Å²) in [6, 6.07) is 10.1. The Morgan fingerprint density at radius 2 is 1.73 bits per heavy atom.